The van der Waals surface area contributed by atoms with Crippen LogP contribution in [-0.2, 0) is 16.1 Å². The Morgan fingerprint density at radius 2 is 2.11 bits per heavy atom. The summed E-state index contributed by atoms with van der Waals surface area (Å²) in [5.74, 6) is 1.69. The predicted octanol–water partition coefficient (Wildman–Crippen LogP) is 2.70. The molecule has 2 heterocycles. The highest BCUT2D eigenvalue weighted by Crippen LogP contribution is 2.34. The fraction of sp³-hybridized carbons (Fsp3) is 0.667. The number of likely N-dealkylation sites (tertiary alicyclic amines) is 1. The topological polar surface area (TPSA) is 51.2 Å². The third kappa shape index (κ3) is 4.38. The van der Waals surface area contributed by atoms with Crippen LogP contribution < -0.4 is 9.47 Å². The van der Waals surface area contributed by atoms with Crippen LogP contribution in [0.3, 0.4) is 0 Å². The fourth-order valence-corrected chi connectivity index (χ4v) is 4.04. The van der Waals surface area contributed by atoms with E-state index in [9.17, 15) is 4.79 Å². The predicted molar refractivity (Wildman–Crippen MR) is 104 cm³/mol. The third-order valence-electron chi connectivity index (χ3n) is 5.45. The molecule has 0 aromatic heterocycles. The molecule has 1 aromatic carbocycles. The van der Waals surface area contributed by atoms with Gasteiger partial charge in [0.25, 0.3) is 5.91 Å². The summed E-state index contributed by atoms with van der Waals surface area (Å²) >= 11 is 0. The lowest BCUT2D eigenvalue weighted by molar-refractivity contribution is -0.169. The summed E-state index contributed by atoms with van der Waals surface area (Å²) in [6, 6.07) is 6.00. The van der Waals surface area contributed by atoms with Crippen LogP contribution in [0.1, 0.15) is 38.2 Å². The molecule has 27 heavy (non-hydrogen) atoms. The second-order valence-corrected chi connectivity index (χ2v) is 7.53. The van der Waals surface area contributed by atoms with Crippen molar-refractivity contribution < 1.29 is 19.0 Å². The van der Waals surface area contributed by atoms with Gasteiger partial charge in [0.15, 0.2) is 17.1 Å². The van der Waals surface area contributed by atoms with Crippen LogP contribution in [0.25, 0.3) is 0 Å². The lowest BCUT2D eigenvalue weighted by Crippen LogP contribution is -2.59. The van der Waals surface area contributed by atoms with E-state index in [1.807, 2.05) is 24.1 Å². The van der Waals surface area contributed by atoms with Crippen molar-refractivity contribution in [1.82, 2.24) is 9.80 Å². The molecule has 3 rings (SSSR count). The highest BCUT2D eigenvalue weighted by Gasteiger charge is 2.45. The summed E-state index contributed by atoms with van der Waals surface area (Å²) in [6.07, 6.45) is 3.80. The van der Waals surface area contributed by atoms with Crippen molar-refractivity contribution in [2.45, 2.75) is 44.8 Å². The Morgan fingerprint density at radius 3 is 2.89 bits per heavy atom. The standard InChI is InChI=1S/C21H32N2O4/c1-4-13-26-19-17(8-7-9-18(19)25-3)15-23-12-14-27-21(16-23)10-5-6-11-22(2)20(21)24/h7-9H,4-6,10-16H2,1-3H3. The fourth-order valence-electron chi connectivity index (χ4n) is 4.04. The molecule has 2 fully saturated rings. The molecule has 1 atom stereocenters. The minimum atomic E-state index is -0.702. The molecule has 0 aliphatic carbocycles. The van der Waals surface area contributed by atoms with E-state index in [0.29, 0.717) is 19.8 Å². The van der Waals surface area contributed by atoms with Crippen LogP contribution in [-0.4, -0.2) is 68.3 Å². The number of nitrogens with zero attached hydrogens (tertiary/aromatic N) is 2. The van der Waals surface area contributed by atoms with Crippen molar-refractivity contribution >= 4 is 5.91 Å². The number of likely N-dealkylation sites (N-methyl/N-ethyl adjacent to an activating group) is 1. The molecule has 1 unspecified atom stereocenters. The maximum Gasteiger partial charge on any atom is 0.255 e. The van der Waals surface area contributed by atoms with E-state index >= 15 is 0 Å². The van der Waals surface area contributed by atoms with Gasteiger partial charge in [-0.15, -0.1) is 0 Å². The molecule has 2 aliphatic heterocycles. The third-order valence-corrected chi connectivity index (χ3v) is 5.45. The number of hydrogen-bond acceptors (Lipinski definition) is 5. The molecule has 0 radical (unpaired) electrons. The number of methoxy groups -OCH3 is 1. The lowest BCUT2D eigenvalue weighted by atomic mass is 9.94. The number of carbonyl (C=O) groups excluding carboxylic acids is 1. The van der Waals surface area contributed by atoms with E-state index in [1.165, 1.54) is 0 Å². The van der Waals surface area contributed by atoms with Crippen molar-refractivity contribution in [2.24, 2.45) is 0 Å². The number of rotatable bonds is 6. The van der Waals surface area contributed by atoms with Crippen molar-refractivity contribution in [1.29, 1.82) is 0 Å². The van der Waals surface area contributed by atoms with Gasteiger partial charge in [-0.2, -0.15) is 0 Å². The van der Waals surface area contributed by atoms with Crippen LogP contribution in [0.4, 0.5) is 0 Å². The monoisotopic (exact) mass is 376 g/mol. The SMILES string of the molecule is CCCOc1c(CN2CCOC3(CCCCN(C)C3=O)C2)cccc1OC. The van der Waals surface area contributed by atoms with Crippen molar-refractivity contribution in [2.75, 3.05) is 47.0 Å². The zero-order valence-electron chi connectivity index (χ0n) is 16.8. The molecule has 2 saturated heterocycles. The second-order valence-electron chi connectivity index (χ2n) is 7.53. The van der Waals surface area contributed by atoms with E-state index in [1.54, 1.807) is 7.11 Å². The smallest absolute Gasteiger partial charge is 0.255 e. The molecule has 1 spiro atoms. The zero-order chi connectivity index (χ0) is 19.3. The van der Waals surface area contributed by atoms with Crippen LogP contribution in [0, 0.1) is 0 Å². The van der Waals surface area contributed by atoms with Gasteiger partial charge in [0.1, 0.15) is 0 Å². The van der Waals surface area contributed by atoms with Gasteiger partial charge in [-0.25, -0.2) is 0 Å². The van der Waals surface area contributed by atoms with E-state index in [2.05, 4.69) is 17.9 Å². The van der Waals surface area contributed by atoms with Crippen LogP contribution in [0.5, 0.6) is 11.5 Å². The Labute approximate surface area is 162 Å². The number of benzene rings is 1. The van der Waals surface area contributed by atoms with Crippen molar-refractivity contribution in [3.63, 3.8) is 0 Å². The number of para-hydroxylation sites is 1. The van der Waals surface area contributed by atoms with Gasteiger partial charge in [-0.1, -0.05) is 19.1 Å². The van der Waals surface area contributed by atoms with E-state index in [0.717, 1.165) is 62.4 Å². The Balaban J connectivity index is 1.79. The number of morpholine rings is 1. The molecule has 6 nitrogen and oxygen atoms in total. The molecule has 0 saturated carbocycles. The quantitative estimate of drug-likeness (QED) is 0.764. The van der Waals surface area contributed by atoms with Gasteiger partial charge in [0, 0.05) is 38.8 Å². The number of carbonyl (C=O) groups is 1. The summed E-state index contributed by atoms with van der Waals surface area (Å²) in [7, 11) is 3.55. The second kappa shape index (κ2) is 8.93. The average molecular weight is 376 g/mol. The molecular weight excluding hydrogens is 344 g/mol. The highest BCUT2D eigenvalue weighted by molar-refractivity contribution is 5.85. The van der Waals surface area contributed by atoms with Crippen LogP contribution in [0.15, 0.2) is 18.2 Å². The first kappa shape index (κ1) is 20.0. The van der Waals surface area contributed by atoms with Gasteiger partial charge in [0.05, 0.1) is 20.3 Å². The molecule has 150 valence electrons. The van der Waals surface area contributed by atoms with Crippen LogP contribution in [0.2, 0.25) is 0 Å². The minimum absolute atomic E-state index is 0.123. The van der Waals surface area contributed by atoms with Gasteiger partial charge < -0.3 is 19.1 Å². The van der Waals surface area contributed by atoms with Gasteiger partial charge >= 0.3 is 0 Å². The maximum atomic E-state index is 13.0. The first-order valence-corrected chi connectivity index (χ1v) is 10.00. The lowest BCUT2D eigenvalue weighted by Gasteiger charge is -2.42. The number of ether oxygens (including phenoxy) is 3. The van der Waals surface area contributed by atoms with Crippen molar-refractivity contribution in [3.8, 4) is 11.5 Å². The van der Waals surface area contributed by atoms with Crippen LogP contribution >= 0.6 is 0 Å². The normalized spacial score (nSPS) is 24.1. The summed E-state index contributed by atoms with van der Waals surface area (Å²) in [6.45, 7) is 6.30. The average Bonchev–Trinajstić information content (AvgIpc) is 2.81. The first-order valence-electron chi connectivity index (χ1n) is 10.00. The Morgan fingerprint density at radius 1 is 1.26 bits per heavy atom. The van der Waals surface area contributed by atoms with Gasteiger partial charge in [-0.05, 0) is 31.7 Å². The largest absolute Gasteiger partial charge is 0.493 e. The van der Waals surface area contributed by atoms with Gasteiger partial charge in [-0.3, -0.25) is 9.69 Å². The van der Waals surface area contributed by atoms with Gasteiger partial charge in [0.2, 0.25) is 0 Å². The highest BCUT2D eigenvalue weighted by atomic mass is 16.5. The Bertz CT molecular complexity index is 651. The first-order chi connectivity index (χ1) is 13.1. The Hall–Kier alpha value is -1.79. The molecule has 6 heteroatoms. The Kier molecular flexibility index (Phi) is 6.60. The summed E-state index contributed by atoms with van der Waals surface area (Å²) in [4.78, 5) is 17.1. The molecular formula is C21H32N2O4. The van der Waals surface area contributed by atoms with Crippen molar-refractivity contribution in [3.05, 3.63) is 23.8 Å². The number of amides is 1. The van der Waals surface area contributed by atoms with E-state index in [4.69, 9.17) is 14.2 Å². The molecule has 0 bridgehead atoms. The number of hydrogen-bond donors (Lipinski definition) is 0. The summed E-state index contributed by atoms with van der Waals surface area (Å²) < 4.78 is 17.6. The maximum absolute atomic E-state index is 13.0. The molecule has 2 aliphatic rings. The molecule has 0 N–H and O–H groups in total. The molecule has 1 aromatic rings. The summed E-state index contributed by atoms with van der Waals surface area (Å²) in [5, 5.41) is 0. The van der Waals surface area contributed by atoms with E-state index in [-0.39, 0.29) is 5.91 Å². The molecule has 1 amide bonds. The zero-order valence-corrected chi connectivity index (χ0v) is 16.8. The minimum Gasteiger partial charge on any atom is -0.493 e. The van der Waals surface area contributed by atoms with E-state index < -0.39 is 5.60 Å². The summed E-state index contributed by atoms with van der Waals surface area (Å²) in [5.41, 5.74) is 0.390.